The van der Waals surface area contributed by atoms with E-state index in [-0.39, 0.29) is 30.9 Å². The van der Waals surface area contributed by atoms with E-state index < -0.39 is 15.6 Å². The van der Waals surface area contributed by atoms with E-state index in [4.69, 9.17) is 10.5 Å². The van der Waals surface area contributed by atoms with Gasteiger partial charge in [0.15, 0.2) is 0 Å². The van der Waals surface area contributed by atoms with Crippen molar-refractivity contribution >= 4 is 15.9 Å². The Hall–Kier alpha value is -0.700. The van der Waals surface area contributed by atoms with Gasteiger partial charge in [-0.2, -0.15) is 0 Å². The van der Waals surface area contributed by atoms with Gasteiger partial charge in [-0.15, -0.1) is 0 Å². The normalized spacial score (nSPS) is 15.1. The highest BCUT2D eigenvalue weighted by Crippen LogP contribution is 2.14. The number of nitrogens with two attached hydrogens (primary N) is 1. The van der Waals surface area contributed by atoms with Crippen molar-refractivity contribution in [2.24, 2.45) is 11.7 Å². The lowest BCUT2D eigenvalue weighted by molar-refractivity contribution is -0.121. The van der Waals surface area contributed by atoms with Crippen molar-refractivity contribution in [3.63, 3.8) is 0 Å². The van der Waals surface area contributed by atoms with E-state index >= 15 is 0 Å². The van der Waals surface area contributed by atoms with Crippen molar-refractivity contribution in [1.29, 1.82) is 0 Å². The summed E-state index contributed by atoms with van der Waals surface area (Å²) in [4.78, 5) is 11.9. The maximum absolute atomic E-state index is 11.9. The molecule has 0 fully saturated rings. The Balaban J connectivity index is 4.31. The molecule has 0 aromatic heterocycles. The zero-order chi connectivity index (χ0) is 17.4. The number of hydrogen-bond donors (Lipinski definition) is 3. The van der Waals surface area contributed by atoms with Crippen LogP contribution in [0.3, 0.4) is 0 Å². The van der Waals surface area contributed by atoms with Crippen LogP contribution in [0.2, 0.25) is 0 Å². The first kappa shape index (κ1) is 21.3. The molecule has 0 aliphatic carbocycles. The van der Waals surface area contributed by atoms with Crippen LogP contribution < -0.4 is 15.8 Å². The highest BCUT2D eigenvalue weighted by atomic mass is 32.2. The van der Waals surface area contributed by atoms with Crippen LogP contribution in [0.25, 0.3) is 0 Å². The number of rotatable bonds is 11. The molecule has 132 valence electrons. The van der Waals surface area contributed by atoms with Crippen LogP contribution in [0.1, 0.15) is 41.0 Å². The molecule has 7 nitrogen and oxygen atoms in total. The zero-order valence-electron chi connectivity index (χ0n) is 14.3. The van der Waals surface area contributed by atoms with Crippen molar-refractivity contribution in [1.82, 2.24) is 10.0 Å². The third-order valence-electron chi connectivity index (χ3n) is 3.01. The van der Waals surface area contributed by atoms with Crippen LogP contribution in [0, 0.1) is 5.92 Å². The monoisotopic (exact) mass is 337 g/mol. The third kappa shape index (κ3) is 10.1. The van der Waals surface area contributed by atoms with Crippen LogP contribution in [-0.4, -0.2) is 51.4 Å². The minimum atomic E-state index is -3.52. The minimum Gasteiger partial charge on any atom is -0.378 e. The van der Waals surface area contributed by atoms with Crippen molar-refractivity contribution < 1.29 is 17.9 Å². The molecule has 0 aromatic carbocycles. The lowest BCUT2D eigenvalue weighted by atomic mass is 9.91. The Kier molecular flexibility index (Phi) is 9.14. The summed E-state index contributed by atoms with van der Waals surface area (Å²) in [5, 5.41) is 2.80. The van der Waals surface area contributed by atoms with Gasteiger partial charge in [-0.1, -0.05) is 13.8 Å². The molecule has 0 aromatic rings. The molecule has 0 aliphatic heterocycles. The summed E-state index contributed by atoms with van der Waals surface area (Å²) >= 11 is 0. The van der Waals surface area contributed by atoms with Crippen molar-refractivity contribution in [2.75, 3.05) is 25.4 Å². The second-order valence-corrected chi connectivity index (χ2v) is 8.40. The molecule has 8 heteroatoms. The van der Waals surface area contributed by atoms with Gasteiger partial charge in [0.05, 0.1) is 25.0 Å². The summed E-state index contributed by atoms with van der Waals surface area (Å²) < 4.78 is 30.9. The quantitative estimate of drug-likeness (QED) is 0.499. The van der Waals surface area contributed by atoms with Gasteiger partial charge in [0, 0.05) is 12.1 Å². The van der Waals surface area contributed by atoms with Gasteiger partial charge in [-0.25, -0.2) is 13.1 Å². The van der Waals surface area contributed by atoms with Crippen LogP contribution in [0.4, 0.5) is 0 Å². The molecule has 0 rings (SSSR count). The summed E-state index contributed by atoms with van der Waals surface area (Å²) in [5.41, 5.74) is 5.18. The minimum absolute atomic E-state index is 0.0280. The highest BCUT2D eigenvalue weighted by molar-refractivity contribution is 7.89. The molecule has 22 heavy (non-hydrogen) atoms. The summed E-state index contributed by atoms with van der Waals surface area (Å²) in [6, 6.07) is 0. The number of carbonyl (C=O) groups is 1. The fourth-order valence-corrected chi connectivity index (χ4v) is 2.92. The summed E-state index contributed by atoms with van der Waals surface area (Å²) in [6.45, 7) is 9.70. The largest absolute Gasteiger partial charge is 0.378 e. The van der Waals surface area contributed by atoms with Gasteiger partial charge >= 0.3 is 0 Å². The first-order valence-corrected chi connectivity index (χ1v) is 9.25. The van der Waals surface area contributed by atoms with Gasteiger partial charge in [0.1, 0.15) is 0 Å². The highest BCUT2D eigenvalue weighted by Gasteiger charge is 2.26. The molecule has 0 spiro atoms. The van der Waals surface area contributed by atoms with E-state index in [1.165, 1.54) is 0 Å². The molecule has 1 unspecified atom stereocenters. The standard InChI is InChI=1S/C14H31N3O4S/c1-11(2)8-14(5,10-15)17-13(18)9-16-22(19,20)7-6-21-12(3)4/h11-12,16H,6-10,15H2,1-5H3,(H,17,18). The predicted octanol–water partition coefficient (Wildman–Crippen LogP) is 0.211. The lowest BCUT2D eigenvalue weighted by Crippen LogP contribution is -2.54. The topological polar surface area (TPSA) is 111 Å². The molecule has 1 atom stereocenters. The van der Waals surface area contributed by atoms with E-state index in [1.807, 2.05) is 34.6 Å². The summed E-state index contributed by atoms with van der Waals surface area (Å²) in [7, 11) is -3.52. The molecule has 0 saturated carbocycles. The van der Waals surface area contributed by atoms with Gasteiger partial charge in [0.2, 0.25) is 15.9 Å². The molecule has 1 amide bonds. The van der Waals surface area contributed by atoms with E-state index in [1.54, 1.807) is 0 Å². The Morgan fingerprint density at radius 3 is 2.32 bits per heavy atom. The Morgan fingerprint density at radius 1 is 1.27 bits per heavy atom. The summed E-state index contributed by atoms with van der Waals surface area (Å²) in [6.07, 6.45) is 0.698. The van der Waals surface area contributed by atoms with Crippen LogP contribution >= 0.6 is 0 Å². The fourth-order valence-electron chi connectivity index (χ4n) is 2.11. The Bertz CT molecular complexity index is 437. The van der Waals surface area contributed by atoms with Crippen LogP contribution in [0.5, 0.6) is 0 Å². The predicted molar refractivity (Wildman–Crippen MR) is 87.9 cm³/mol. The number of hydrogen-bond acceptors (Lipinski definition) is 5. The number of carbonyl (C=O) groups excluding carboxylic acids is 1. The molecule has 0 bridgehead atoms. The van der Waals surface area contributed by atoms with E-state index in [0.717, 1.165) is 6.42 Å². The van der Waals surface area contributed by atoms with Gasteiger partial charge in [0.25, 0.3) is 0 Å². The van der Waals surface area contributed by atoms with Gasteiger partial charge < -0.3 is 15.8 Å². The van der Waals surface area contributed by atoms with Crippen LogP contribution in [-0.2, 0) is 19.6 Å². The molecule has 0 heterocycles. The molecule has 0 radical (unpaired) electrons. The number of nitrogens with one attached hydrogen (secondary N) is 2. The Morgan fingerprint density at radius 2 is 1.86 bits per heavy atom. The first-order valence-electron chi connectivity index (χ1n) is 7.59. The number of amides is 1. The first-order chi connectivity index (χ1) is 9.99. The maximum Gasteiger partial charge on any atom is 0.235 e. The lowest BCUT2D eigenvalue weighted by Gasteiger charge is -2.31. The van der Waals surface area contributed by atoms with E-state index in [9.17, 15) is 13.2 Å². The van der Waals surface area contributed by atoms with Crippen molar-refractivity contribution in [3.8, 4) is 0 Å². The zero-order valence-corrected chi connectivity index (χ0v) is 15.1. The third-order valence-corrected chi connectivity index (χ3v) is 4.29. The molecular weight excluding hydrogens is 306 g/mol. The molecular formula is C14H31N3O4S. The van der Waals surface area contributed by atoms with Gasteiger partial charge in [-0.3, -0.25) is 4.79 Å². The van der Waals surface area contributed by atoms with E-state index in [0.29, 0.717) is 12.5 Å². The molecule has 0 saturated heterocycles. The molecule has 0 aliphatic rings. The second kappa shape index (κ2) is 9.44. The van der Waals surface area contributed by atoms with Crippen LogP contribution in [0.15, 0.2) is 0 Å². The second-order valence-electron chi connectivity index (χ2n) is 6.47. The molecule has 4 N–H and O–H groups in total. The summed E-state index contributed by atoms with van der Waals surface area (Å²) in [5.74, 6) is -0.181. The SMILES string of the molecule is CC(C)CC(C)(CN)NC(=O)CNS(=O)(=O)CCOC(C)C. The number of sulfonamides is 1. The van der Waals surface area contributed by atoms with E-state index in [2.05, 4.69) is 10.0 Å². The fraction of sp³-hybridized carbons (Fsp3) is 0.929. The van der Waals surface area contributed by atoms with Crippen molar-refractivity contribution in [3.05, 3.63) is 0 Å². The average Bonchev–Trinajstić information content (AvgIpc) is 2.35. The van der Waals surface area contributed by atoms with Gasteiger partial charge in [-0.05, 0) is 33.1 Å². The average molecular weight is 337 g/mol. The number of ether oxygens (including phenoxy) is 1. The maximum atomic E-state index is 11.9. The smallest absolute Gasteiger partial charge is 0.235 e. The van der Waals surface area contributed by atoms with Crippen molar-refractivity contribution in [2.45, 2.75) is 52.7 Å². The Labute approximate surface area is 134 Å².